The zero-order chi connectivity index (χ0) is 14.7. The molecule has 0 atom stereocenters. The summed E-state index contributed by atoms with van der Waals surface area (Å²) >= 11 is 11.1. The molecule has 4 nitrogen and oxygen atoms in total. The predicted octanol–water partition coefficient (Wildman–Crippen LogP) is 2.88. The Kier molecular flexibility index (Phi) is 4.62. The summed E-state index contributed by atoms with van der Waals surface area (Å²) in [6.07, 6.45) is 2.94. The highest BCUT2D eigenvalue weighted by Gasteiger charge is 2.07. The molecule has 0 saturated heterocycles. The van der Waals surface area contributed by atoms with Gasteiger partial charge in [-0.25, -0.2) is 0 Å². The van der Waals surface area contributed by atoms with E-state index in [1.165, 1.54) is 5.56 Å². The van der Waals surface area contributed by atoms with E-state index < -0.39 is 0 Å². The number of nitrogens with two attached hydrogens (primary N) is 1. The molecular weight excluding hydrogens is 292 g/mol. The van der Waals surface area contributed by atoms with E-state index in [-0.39, 0.29) is 0 Å². The Hall–Kier alpha value is -1.59. The van der Waals surface area contributed by atoms with Crippen LogP contribution >= 0.6 is 23.8 Å². The molecule has 0 radical (unpaired) electrons. The summed E-state index contributed by atoms with van der Waals surface area (Å²) in [5.74, 6) is 0. The molecule has 0 aliphatic carbocycles. The van der Waals surface area contributed by atoms with Gasteiger partial charge in [-0.2, -0.15) is 5.10 Å². The van der Waals surface area contributed by atoms with E-state index in [0.717, 1.165) is 17.8 Å². The molecule has 2 rings (SSSR count). The molecular formula is C14H17ClN4S. The number of nitrogens with one attached hydrogen (secondary N) is 1. The van der Waals surface area contributed by atoms with Crippen molar-refractivity contribution >= 4 is 34.5 Å². The number of thiocarbonyl (C=S) groups is 1. The van der Waals surface area contributed by atoms with E-state index in [9.17, 15) is 0 Å². The third kappa shape index (κ3) is 3.29. The van der Waals surface area contributed by atoms with Crippen LogP contribution in [0.3, 0.4) is 0 Å². The second kappa shape index (κ2) is 6.24. The fraction of sp³-hybridized carbons (Fsp3) is 0.286. The summed E-state index contributed by atoms with van der Waals surface area (Å²) in [6.45, 7) is 2.81. The van der Waals surface area contributed by atoms with Gasteiger partial charge in [0.1, 0.15) is 4.99 Å². The standard InChI is InChI=1S/C14H17ClN4S/c1-3-13-9(8-19(2)18-13)7-17-10-4-5-11(14(16)20)12(15)6-10/h4-6,8,17H,3,7H2,1-2H3,(H2,16,20). The van der Waals surface area contributed by atoms with Crippen molar-refractivity contribution in [3.63, 3.8) is 0 Å². The normalized spacial score (nSPS) is 10.6. The highest BCUT2D eigenvalue weighted by atomic mass is 35.5. The van der Waals surface area contributed by atoms with Crippen molar-refractivity contribution < 1.29 is 0 Å². The van der Waals surface area contributed by atoms with E-state index in [2.05, 4.69) is 17.3 Å². The first-order valence-electron chi connectivity index (χ1n) is 6.36. The van der Waals surface area contributed by atoms with Crippen LogP contribution in [0, 0.1) is 0 Å². The fourth-order valence-electron chi connectivity index (χ4n) is 2.05. The number of aromatic nitrogens is 2. The molecule has 0 aliphatic heterocycles. The molecule has 1 aromatic heterocycles. The highest BCUT2D eigenvalue weighted by Crippen LogP contribution is 2.21. The quantitative estimate of drug-likeness (QED) is 0.834. The van der Waals surface area contributed by atoms with Crippen molar-refractivity contribution in [1.29, 1.82) is 0 Å². The van der Waals surface area contributed by atoms with Gasteiger partial charge in [0.15, 0.2) is 0 Å². The van der Waals surface area contributed by atoms with Gasteiger partial charge in [-0.05, 0) is 24.6 Å². The van der Waals surface area contributed by atoms with Crippen LogP contribution in [0.25, 0.3) is 0 Å². The van der Waals surface area contributed by atoms with Crippen molar-refractivity contribution in [3.05, 3.63) is 46.2 Å². The Morgan fingerprint density at radius 2 is 2.25 bits per heavy atom. The molecule has 2 aromatic rings. The van der Waals surface area contributed by atoms with Gasteiger partial charge in [0, 0.05) is 36.6 Å². The van der Waals surface area contributed by atoms with E-state index in [1.54, 1.807) is 0 Å². The Labute approximate surface area is 128 Å². The first-order chi connectivity index (χ1) is 9.51. The lowest BCUT2D eigenvalue weighted by atomic mass is 10.2. The average Bonchev–Trinajstić information content (AvgIpc) is 2.76. The van der Waals surface area contributed by atoms with E-state index >= 15 is 0 Å². The molecule has 0 fully saturated rings. The van der Waals surface area contributed by atoms with Crippen LogP contribution in [0.1, 0.15) is 23.7 Å². The molecule has 0 unspecified atom stereocenters. The summed E-state index contributed by atoms with van der Waals surface area (Å²) in [5.41, 5.74) is 9.50. The maximum atomic E-state index is 6.14. The van der Waals surface area contributed by atoms with E-state index in [0.29, 0.717) is 22.1 Å². The van der Waals surface area contributed by atoms with E-state index in [1.807, 2.05) is 36.1 Å². The first-order valence-corrected chi connectivity index (χ1v) is 7.14. The average molecular weight is 309 g/mol. The van der Waals surface area contributed by atoms with Crippen LogP contribution in [-0.2, 0) is 20.0 Å². The van der Waals surface area contributed by atoms with Gasteiger partial charge < -0.3 is 11.1 Å². The molecule has 1 heterocycles. The molecule has 0 bridgehead atoms. The summed E-state index contributed by atoms with van der Waals surface area (Å²) in [6, 6.07) is 5.58. The van der Waals surface area contributed by atoms with Crippen LogP contribution in [0.4, 0.5) is 5.69 Å². The van der Waals surface area contributed by atoms with Crippen LogP contribution in [0.15, 0.2) is 24.4 Å². The van der Waals surface area contributed by atoms with E-state index in [4.69, 9.17) is 29.6 Å². The Bertz CT molecular complexity index is 636. The Morgan fingerprint density at radius 3 is 2.85 bits per heavy atom. The van der Waals surface area contributed by atoms with Gasteiger partial charge in [0.2, 0.25) is 0 Å². The number of hydrogen-bond donors (Lipinski definition) is 2. The number of hydrogen-bond acceptors (Lipinski definition) is 3. The molecule has 0 amide bonds. The second-order valence-corrected chi connectivity index (χ2v) is 5.39. The molecule has 0 saturated carbocycles. The smallest absolute Gasteiger partial charge is 0.105 e. The maximum absolute atomic E-state index is 6.14. The minimum atomic E-state index is 0.307. The Morgan fingerprint density at radius 1 is 1.50 bits per heavy atom. The van der Waals surface area contributed by atoms with Gasteiger partial charge in [0.25, 0.3) is 0 Å². The maximum Gasteiger partial charge on any atom is 0.105 e. The van der Waals surface area contributed by atoms with Crippen LogP contribution < -0.4 is 11.1 Å². The van der Waals surface area contributed by atoms with Gasteiger partial charge in [-0.3, -0.25) is 4.68 Å². The summed E-state index contributed by atoms with van der Waals surface area (Å²) in [5, 5.41) is 8.31. The molecule has 3 N–H and O–H groups in total. The minimum absolute atomic E-state index is 0.307. The van der Waals surface area contributed by atoms with Crippen LogP contribution in [-0.4, -0.2) is 14.8 Å². The number of anilines is 1. The number of halogens is 1. The number of aryl methyl sites for hydroxylation is 2. The van der Waals surface area contributed by atoms with Crippen LogP contribution in [0.2, 0.25) is 5.02 Å². The summed E-state index contributed by atoms with van der Waals surface area (Å²) in [4.78, 5) is 0.307. The highest BCUT2D eigenvalue weighted by molar-refractivity contribution is 7.80. The molecule has 106 valence electrons. The largest absolute Gasteiger partial charge is 0.389 e. The summed E-state index contributed by atoms with van der Waals surface area (Å²) in [7, 11) is 1.93. The van der Waals surface area contributed by atoms with Gasteiger partial charge in [0.05, 0.1) is 10.7 Å². The number of rotatable bonds is 5. The molecule has 1 aromatic carbocycles. The molecule has 20 heavy (non-hydrogen) atoms. The van der Waals surface area contributed by atoms with Crippen molar-refractivity contribution in [2.45, 2.75) is 19.9 Å². The third-order valence-electron chi connectivity index (χ3n) is 3.04. The van der Waals surface area contributed by atoms with Gasteiger partial charge in [-0.1, -0.05) is 30.7 Å². The zero-order valence-corrected chi connectivity index (χ0v) is 13.1. The fourth-order valence-corrected chi connectivity index (χ4v) is 2.57. The van der Waals surface area contributed by atoms with Crippen LogP contribution in [0.5, 0.6) is 0 Å². The monoisotopic (exact) mass is 308 g/mol. The third-order valence-corrected chi connectivity index (χ3v) is 3.58. The lowest BCUT2D eigenvalue weighted by molar-refractivity contribution is 0.746. The molecule has 0 aliphatic rings. The van der Waals surface area contributed by atoms with Gasteiger partial charge >= 0.3 is 0 Å². The van der Waals surface area contributed by atoms with Crippen molar-refractivity contribution in [2.75, 3.05) is 5.32 Å². The lowest BCUT2D eigenvalue weighted by Gasteiger charge is -2.08. The van der Waals surface area contributed by atoms with Gasteiger partial charge in [-0.15, -0.1) is 0 Å². The minimum Gasteiger partial charge on any atom is -0.389 e. The Balaban J connectivity index is 2.11. The first kappa shape index (κ1) is 14.8. The van der Waals surface area contributed by atoms with Crippen molar-refractivity contribution in [2.24, 2.45) is 12.8 Å². The molecule has 0 spiro atoms. The topological polar surface area (TPSA) is 55.9 Å². The van der Waals surface area contributed by atoms with Crippen molar-refractivity contribution in [1.82, 2.24) is 9.78 Å². The lowest BCUT2D eigenvalue weighted by Crippen LogP contribution is -2.10. The number of nitrogens with zero attached hydrogens (tertiary/aromatic N) is 2. The predicted molar refractivity (Wildman–Crippen MR) is 87.3 cm³/mol. The molecule has 6 heteroatoms. The zero-order valence-electron chi connectivity index (χ0n) is 11.5. The summed E-state index contributed by atoms with van der Waals surface area (Å²) < 4.78 is 1.83. The SMILES string of the molecule is CCc1nn(C)cc1CNc1ccc(C(N)=S)c(Cl)c1. The number of benzene rings is 1. The van der Waals surface area contributed by atoms with Crippen molar-refractivity contribution in [3.8, 4) is 0 Å². The second-order valence-electron chi connectivity index (χ2n) is 4.54.